The van der Waals surface area contributed by atoms with Gasteiger partial charge >= 0.3 is 0 Å². The Morgan fingerprint density at radius 3 is 2.53 bits per heavy atom. The summed E-state index contributed by atoms with van der Waals surface area (Å²) in [5.74, 6) is 0.890. The van der Waals surface area contributed by atoms with Crippen molar-refractivity contribution in [3.05, 3.63) is 77.9 Å². The molecule has 1 atom stereocenters. The molecule has 0 bridgehead atoms. The second kappa shape index (κ2) is 7.49. The number of benzene rings is 4. The van der Waals surface area contributed by atoms with Crippen LogP contribution in [-0.2, 0) is 11.2 Å². The molecule has 4 aromatic carbocycles. The normalized spacial score (nSPS) is 15.7. The molecule has 3 nitrogen and oxygen atoms in total. The minimum Gasteiger partial charge on any atom is -0.497 e. The zero-order valence-electron chi connectivity index (χ0n) is 17.4. The fraction of sp³-hybridized carbons (Fsp3) is 0.222. The van der Waals surface area contributed by atoms with Gasteiger partial charge in [-0.1, -0.05) is 48.5 Å². The number of aryl methyl sites for hydroxylation is 1. The maximum absolute atomic E-state index is 11.7. The van der Waals surface area contributed by atoms with Crippen molar-refractivity contribution in [1.29, 1.82) is 0 Å². The SMILES string of the molecule is COc1cccc(-c2cc3c4c(ccc3c3ccccc23)C(NC(C)=O)CCC4)c1. The second-order valence-electron chi connectivity index (χ2n) is 8.08. The van der Waals surface area contributed by atoms with Crippen molar-refractivity contribution in [2.24, 2.45) is 0 Å². The lowest BCUT2D eigenvalue weighted by molar-refractivity contribution is -0.119. The Morgan fingerprint density at radius 1 is 0.933 bits per heavy atom. The Hall–Kier alpha value is -3.33. The van der Waals surface area contributed by atoms with Crippen LogP contribution in [-0.4, -0.2) is 13.0 Å². The molecule has 4 aromatic rings. The van der Waals surface area contributed by atoms with Gasteiger partial charge in [0.15, 0.2) is 0 Å². The van der Waals surface area contributed by atoms with Crippen LogP contribution >= 0.6 is 0 Å². The average molecular weight is 396 g/mol. The highest BCUT2D eigenvalue weighted by Gasteiger charge is 2.23. The molecule has 30 heavy (non-hydrogen) atoms. The number of hydrogen-bond donors (Lipinski definition) is 1. The van der Waals surface area contributed by atoms with Gasteiger partial charge in [0.2, 0.25) is 5.91 Å². The lowest BCUT2D eigenvalue weighted by Crippen LogP contribution is -2.29. The summed E-state index contributed by atoms with van der Waals surface area (Å²) in [5.41, 5.74) is 4.99. The van der Waals surface area contributed by atoms with E-state index in [9.17, 15) is 4.79 Å². The fourth-order valence-corrected chi connectivity index (χ4v) is 4.92. The van der Waals surface area contributed by atoms with Crippen molar-refractivity contribution in [3.8, 4) is 16.9 Å². The first kappa shape index (κ1) is 18.7. The van der Waals surface area contributed by atoms with Crippen molar-refractivity contribution in [3.63, 3.8) is 0 Å². The number of carbonyl (C=O) groups excluding carboxylic acids is 1. The molecule has 0 radical (unpaired) electrons. The number of nitrogens with one attached hydrogen (secondary N) is 1. The minimum atomic E-state index is 0.0310. The summed E-state index contributed by atoms with van der Waals surface area (Å²) < 4.78 is 5.48. The molecule has 1 aliphatic carbocycles. The quantitative estimate of drug-likeness (QED) is 0.421. The van der Waals surface area contributed by atoms with E-state index in [4.69, 9.17) is 4.74 Å². The van der Waals surface area contributed by atoms with E-state index in [2.05, 4.69) is 59.9 Å². The molecule has 0 saturated carbocycles. The van der Waals surface area contributed by atoms with E-state index in [-0.39, 0.29) is 11.9 Å². The number of amides is 1. The highest BCUT2D eigenvalue weighted by atomic mass is 16.5. The van der Waals surface area contributed by atoms with Gasteiger partial charge in [-0.15, -0.1) is 0 Å². The number of hydrogen-bond acceptors (Lipinski definition) is 2. The van der Waals surface area contributed by atoms with Crippen LogP contribution in [0.2, 0.25) is 0 Å². The van der Waals surface area contributed by atoms with Crippen molar-refractivity contribution in [1.82, 2.24) is 5.32 Å². The summed E-state index contributed by atoms with van der Waals surface area (Å²) in [6, 6.07) is 23.8. The molecule has 1 aliphatic rings. The first-order valence-corrected chi connectivity index (χ1v) is 10.5. The Kier molecular flexibility index (Phi) is 4.66. The summed E-state index contributed by atoms with van der Waals surface area (Å²) >= 11 is 0. The summed E-state index contributed by atoms with van der Waals surface area (Å²) in [7, 11) is 1.70. The standard InChI is InChI=1S/C27H25NO2/c1-17(29)28-27-12-6-11-22-24(27)14-13-23-20-9-3-4-10-21(20)25(16-26(22)23)18-7-5-8-19(15-18)30-2/h3-5,7-10,13-16,27H,6,11-12H2,1-2H3,(H,28,29). The van der Waals surface area contributed by atoms with Gasteiger partial charge in [-0.2, -0.15) is 0 Å². The lowest BCUT2D eigenvalue weighted by Gasteiger charge is -2.28. The largest absolute Gasteiger partial charge is 0.497 e. The minimum absolute atomic E-state index is 0.0310. The fourth-order valence-electron chi connectivity index (χ4n) is 4.92. The predicted molar refractivity (Wildman–Crippen MR) is 123 cm³/mol. The van der Waals surface area contributed by atoms with Gasteiger partial charge in [0.05, 0.1) is 13.2 Å². The topological polar surface area (TPSA) is 38.3 Å². The van der Waals surface area contributed by atoms with E-state index in [1.165, 1.54) is 38.2 Å². The Labute approximate surface area is 176 Å². The van der Waals surface area contributed by atoms with Gasteiger partial charge < -0.3 is 10.1 Å². The summed E-state index contributed by atoms with van der Waals surface area (Å²) in [4.78, 5) is 11.7. The van der Waals surface area contributed by atoms with Crippen LogP contribution in [0.3, 0.4) is 0 Å². The highest BCUT2D eigenvalue weighted by Crippen LogP contribution is 2.41. The average Bonchev–Trinajstić information content (AvgIpc) is 2.78. The summed E-state index contributed by atoms with van der Waals surface area (Å²) in [5, 5.41) is 8.22. The Morgan fingerprint density at radius 2 is 1.73 bits per heavy atom. The van der Waals surface area contributed by atoms with Crippen LogP contribution in [0.5, 0.6) is 5.75 Å². The van der Waals surface area contributed by atoms with Crippen LogP contribution in [0, 0.1) is 0 Å². The van der Waals surface area contributed by atoms with E-state index >= 15 is 0 Å². The molecule has 150 valence electrons. The number of ether oxygens (including phenoxy) is 1. The van der Waals surface area contributed by atoms with Gasteiger partial charge in [-0.05, 0) is 81.3 Å². The number of rotatable bonds is 3. The van der Waals surface area contributed by atoms with Crippen molar-refractivity contribution < 1.29 is 9.53 Å². The van der Waals surface area contributed by atoms with E-state index in [0.29, 0.717) is 0 Å². The zero-order valence-corrected chi connectivity index (χ0v) is 17.4. The number of methoxy groups -OCH3 is 1. The summed E-state index contributed by atoms with van der Waals surface area (Å²) in [6.07, 6.45) is 3.12. The lowest BCUT2D eigenvalue weighted by atomic mass is 9.82. The molecule has 0 heterocycles. The Bertz CT molecular complexity index is 1270. The molecule has 1 N–H and O–H groups in total. The monoisotopic (exact) mass is 395 g/mol. The van der Waals surface area contributed by atoms with Crippen LogP contribution in [0.25, 0.3) is 32.7 Å². The van der Waals surface area contributed by atoms with Gasteiger partial charge in [-0.25, -0.2) is 0 Å². The molecule has 3 heteroatoms. The highest BCUT2D eigenvalue weighted by molar-refractivity contribution is 6.14. The second-order valence-corrected chi connectivity index (χ2v) is 8.08. The molecule has 1 unspecified atom stereocenters. The maximum atomic E-state index is 11.7. The molecular weight excluding hydrogens is 370 g/mol. The number of carbonyl (C=O) groups is 1. The van der Waals surface area contributed by atoms with Crippen molar-refractivity contribution in [2.75, 3.05) is 7.11 Å². The van der Waals surface area contributed by atoms with Crippen LogP contribution < -0.4 is 10.1 Å². The smallest absolute Gasteiger partial charge is 0.217 e. The molecule has 0 aromatic heterocycles. The number of fused-ring (bicyclic) bond motifs is 5. The third kappa shape index (κ3) is 3.11. The van der Waals surface area contributed by atoms with Gasteiger partial charge in [0, 0.05) is 6.92 Å². The third-order valence-electron chi connectivity index (χ3n) is 6.24. The molecule has 5 rings (SSSR count). The molecular formula is C27H25NO2. The zero-order chi connectivity index (χ0) is 20.7. The maximum Gasteiger partial charge on any atom is 0.217 e. The van der Waals surface area contributed by atoms with Gasteiger partial charge in [-0.3, -0.25) is 4.79 Å². The van der Waals surface area contributed by atoms with E-state index in [1.54, 1.807) is 14.0 Å². The first-order valence-electron chi connectivity index (χ1n) is 10.5. The molecule has 0 aliphatic heterocycles. The predicted octanol–water partition coefficient (Wildman–Crippen LogP) is 6.18. The van der Waals surface area contributed by atoms with E-state index in [0.717, 1.165) is 30.6 Å². The van der Waals surface area contributed by atoms with E-state index in [1.807, 2.05) is 12.1 Å². The molecule has 0 fully saturated rings. The van der Waals surface area contributed by atoms with Crippen molar-refractivity contribution >= 4 is 27.5 Å². The summed E-state index contributed by atoms with van der Waals surface area (Å²) in [6.45, 7) is 1.60. The Balaban J connectivity index is 1.81. The third-order valence-corrected chi connectivity index (χ3v) is 6.24. The van der Waals surface area contributed by atoms with Crippen LogP contribution in [0.15, 0.2) is 66.7 Å². The van der Waals surface area contributed by atoms with Gasteiger partial charge in [0.25, 0.3) is 0 Å². The van der Waals surface area contributed by atoms with Crippen LogP contribution in [0.4, 0.5) is 0 Å². The van der Waals surface area contributed by atoms with E-state index < -0.39 is 0 Å². The molecule has 0 saturated heterocycles. The molecule has 0 spiro atoms. The first-order chi connectivity index (χ1) is 14.7. The van der Waals surface area contributed by atoms with Crippen molar-refractivity contribution in [2.45, 2.75) is 32.2 Å². The molecule has 1 amide bonds. The van der Waals surface area contributed by atoms with Gasteiger partial charge in [0.1, 0.15) is 5.75 Å². The van der Waals surface area contributed by atoms with Crippen LogP contribution in [0.1, 0.15) is 36.9 Å².